The van der Waals surface area contributed by atoms with Gasteiger partial charge >= 0.3 is 0 Å². The lowest BCUT2D eigenvalue weighted by Crippen LogP contribution is -2.34. The van der Waals surface area contributed by atoms with Crippen molar-refractivity contribution in [1.29, 1.82) is 0 Å². The van der Waals surface area contributed by atoms with Crippen molar-refractivity contribution in [1.82, 2.24) is 0 Å². The molecule has 1 aliphatic rings. The Hall–Kier alpha value is -0.370. The number of carbonyl (C=O) groups excluding carboxylic acids is 1. The molecule has 1 aliphatic heterocycles. The summed E-state index contributed by atoms with van der Waals surface area (Å²) in [5, 5.41) is 0. The second kappa shape index (κ2) is 4.75. The summed E-state index contributed by atoms with van der Waals surface area (Å²) in [4.78, 5) is 11.1. The summed E-state index contributed by atoms with van der Waals surface area (Å²) in [5.74, 6) is 0.631. The van der Waals surface area contributed by atoms with E-state index in [1.54, 1.807) is 0 Å². The fourth-order valence-electron chi connectivity index (χ4n) is 2.01. The normalized spacial score (nSPS) is 31.2. The lowest BCUT2D eigenvalue weighted by molar-refractivity contribution is -0.125. The number of hydrogen-bond donors (Lipinski definition) is 0. The van der Waals surface area contributed by atoms with Crippen LogP contribution in [0.25, 0.3) is 0 Å². The highest BCUT2D eigenvalue weighted by Crippen LogP contribution is 2.33. The van der Waals surface area contributed by atoms with Crippen molar-refractivity contribution in [2.75, 3.05) is 13.2 Å². The van der Waals surface area contributed by atoms with Gasteiger partial charge in [-0.25, -0.2) is 0 Å². The average Bonchev–Trinajstić information content (AvgIpc) is 2.19. The summed E-state index contributed by atoms with van der Waals surface area (Å²) in [5.41, 5.74) is -0.159. The fraction of sp³-hybridized carbons (Fsp3) is 0.909. The maximum atomic E-state index is 11.1. The van der Waals surface area contributed by atoms with E-state index < -0.39 is 0 Å². The van der Waals surface area contributed by atoms with Gasteiger partial charge in [-0.3, -0.25) is 0 Å². The van der Waals surface area contributed by atoms with Crippen LogP contribution in [-0.2, 0) is 9.53 Å². The van der Waals surface area contributed by atoms with Crippen LogP contribution in [0.3, 0.4) is 0 Å². The van der Waals surface area contributed by atoms with E-state index in [0.29, 0.717) is 12.5 Å². The van der Waals surface area contributed by atoms with Crippen LogP contribution >= 0.6 is 0 Å². The van der Waals surface area contributed by atoms with Gasteiger partial charge in [0.05, 0.1) is 6.61 Å². The molecule has 1 saturated heterocycles. The first-order valence-corrected chi connectivity index (χ1v) is 5.26. The second-order valence-electron chi connectivity index (χ2n) is 4.35. The van der Waals surface area contributed by atoms with E-state index in [0.717, 1.165) is 38.6 Å². The molecule has 13 heavy (non-hydrogen) atoms. The van der Waals surface area contributed by atoms with Crippen molar-refractivity contribution in [3.05, 3.63) is 0 Å². The monoisotopic (exact) mass is 184 g/mol. The van der Waals surface area contributed by atoms with Crippen LogP contribution in [0.2, 0.25) is 0 Å². The molecule has 0 aromatic rings. The molecule has 0 saturated carbocycles. The van der Waals surface area contributed by atoms with Crippen molar-refractivity contribution < 1.29 is 9.53 Å². The van der Waals surface area contributed by atoms with Gasteiger partial charge in [0.1, 0.15) is 6.29 Å². The lowest BCUT2D eigenvalue weighted by atomic mass is 9.76. The molecule has 2 nitrogen and oxygen atoms in total. The third kappa shape index (κ3) is 2.80. The van der Waals surface area contributed by atoms with E-state index in [2.05, 4.69) is 13.8 Å². The first kappa shape index (κ1) is 10.7. The Morgan fingerprint density at radius 1 is 1.62 bits per heavy atom. The van der Waals surface area contributed by atoms with Crippen LogP contribution in [0, 0.1) is 11.3 Å². The van der Waals surface area contributed by atoms with Crippen LogP contribution < -0.4 is 0 Å². The van der Waals surface area contributed by atoms with E-state index >= 15 is 0 Å². The molecule has 0 bridgehead atoms. The minimum absolute atomic E-state index is 0.159. The molecule has 0 radical (unpaired) electrons. The fourth-order valence-corrected chi connectivity index (χ4v) is 2.01. The van der Waals surface area contributed by atoms with Gasteiger partial charge < -0.3 is 9.53 Å². The molecule has 2 atom stereocenters. The Labute approximate surface area is 80.7 Å². The lowest BCUT2D eigenvalue weighted by Gasteiger charge is -2.33. The molecular weight excluding hydrogens is 164 g/mol. The SMILES string of the molecule is CCC(C)CC1(C=O)CCCOC1. The summed E-state index contributed by atoms with van der Waals surface area (Å²) in [7, 11) is 0. The van der Waals surface area contributed by atoms with Crippen molar-refractivity contribution in [3.8, 4) is 0 Å². The van der Waals surface area contributed by atoms with Crippen molar-refractivity contribution in [2.45, 2.75) is 39.5 Å². The van der Waals surface area contributed by atoms with Gasteiger partial charge in [0.2, 0.25) is 0 Å². The van der Waals surface area contributed by atoms with Crippen LogP contribution in [0.1, 0.15) is 39.5 Å². The molecule has 0 amide bonds. The number of ether oxygens (including phenoxy) is 1. The summed E-state index contributed by atoms with van der Waals surface area (Å²) in [6, 6.07) is 0. The molecule has 76 valence electrons. The molecule has 0 aromatic carbocycles. The summed E-state index contributed by atoms with van der Waals surface area (Å²) in [6.45, 7) is 5.85. The van der Waals surface area contributed by atoms with Crippen LogP contribution in [-0.4, -0.2) is 19.5 Å². The summed E-state index contributed by atoms with van der Waals surface area (Å²) >= 11 is 0. The number of rotatable bonds is 4. The first-order chi connectivity index (χ1) is 6.22. The molecule has 1 heterocycles. The van der Waals surface area contributed by atoms with E-state index in [4.69, 9.17) is 4.74 Å². The quantitative estimate of drug-likeness (QED) is 0.627. The number of aldehydes is 1. The van der Waals surface area contributed by atoms with Gasteiger partial charge in [0, 0.05) is 12.0 Å². The van der Waals surface area contributed by atoms with Crippen molar-refractivity contribution in [3.63, 3.8) is 0 Å². The third-order valence-electron chi connectivity index (χ3n) is 3.05. The molecular formula is C11H20O2. The molecule has 0 aliphatic carbocycles. The summed E-state index contributed by atoms with van der Waals surface area (Å²) in [6.07, 6.45) is 5.32. The maximum absolute atomic E-state index is 11.1. The van der Waals surface area contributed by atoms with Gasteiger partial charge in [0.25, 0.3) is 0 Å². The average molecular weight is 184 g/mol. The van der Waals surface area contributed by atoms with E-state index in [-0.39, 0.29) is 5.41 Å². The van der Waals surface area contributed by atoms with Gasteiger partial charge in [-0.1, -0.05) is 20.3 Å². The van der Waals surface area contributed by atoms with Gasteiger partial charge in [-0.15, -0.1) is 0 Å². The second-order valence-corrected chi connectivity index (χ2v) is 4.35. The van der Waals surface area contributed by atoms with Gasteiger partial charge in [0.15, 0.2) is 0 Å². The van der Waals surface area contributed by atoms with Gasteiger partial charge in [-0.2, -0.15) is 0 Å². The zero-order valence-electron chi connectivity index (χ0n) is 8.71. The molecule has 0 spiro atoms. The van der Waals surface area contributed by atoms with Gasteiger partial charge in [-0.05, 0) is 25.2 Å². The van der Waals surface area contributed by atoms with Crippen LogP contribution in [0.4, 0.5) is 0 Å². The first-order valence-electron chi connectivity index (χ1n) is 5.26. The molecule has 1 fully saturated rings. The largest absolute Gasteiger partial charge is 0.380 e. The Balaban J connectivity index is 2.52. The van der Waals surface area contributed by atoms with Crippen LogP contribution in [0.15, 0.2) is 0 Å². The zero-order valence-corrected chi connectivity index (χ0v) is 8.71. The highest BCUT2D eigenvalue weighted by Gasteiger charge is 2.33. The minimum atomic E-state index is -0.159. The zero-order chi connectivity index (χ0) is 9.73. The smallest absolute Gasteiger partial charge is 0.128 e. The van der Waals surface area contributed by atoms with Crippen molar-refractivity contribution >= 4 is 6.29 Å². The Morgan fingerprint density at radius 2 is 2.38 bits per heavy atom. The van der Waals surface area contributed by atoms with E-state index in [9.17, 15) is 4.79 Å². The van der Waals surface area contributed by atoms with E-state index in [1.807, 2.05) is 0 Å². The molecule has 2 unspecified atom stereocenters. The highest BCUT2D eigenvalue weighted by atomic mass is 16.5. The Bertz CT molecular complexity index is 159. The number of hydrogen-bond acceptors (Lipinski definition) is 2. The third-order valence-corrected chi connectivity index (χ3v) is 3.05. The standard InChI is InChI=1S/C11H20O2/c1-3-10(2)7-11(8-12)5-4-6-13-9-11/h8,10H,3-7,9H2,1-2H3. The Kier molecular flexibility index (Phi) is 3.91. The molecule has 0 aromatic heterocycles. The Morgan fingerprint density at radius 3 is 2.85 bits per heavy atom. The molecule has 2 heteroatoms. The van der Waals surface area contributed by atoms with Crippen LogP contribution in [0.5, 0.6) is 0 Å². The summed E-state index contributed by atoms with van der Waals surface area (Å²) < 4.78 is 5.39. The highest BCUT2D eigenvalue weighted by molar-refractivity contribution is 5.59. The maximum Gasteiger partial charge on any atom is 0.128 e. The number of carbonyl (C=O) groups is 1. The molecule has 0 N–H and O–H groups in total. The van der Waals surface area contributed by atoms with E-state index in [1.165, 1.54) is 0 Å². The molecule has 1 rings (SSSR count). The predicted octanol–water partition coefficient (Wildman–Crippen LogP) is 2.42. The van der Waals surface area contributed by atoms with Crippen molar-refractivity contribution in [2.24, 2.45) is 11.3 Å². The minimum Gasteiger partial charge on any atom is -0.380 e. The predicted molar refractivity (Wildman–Crippen MR) is 52.6 cm³/mol. The topological polar surface area (TPSA) is 26.3 Å².